The number of alkyl halides is 3. The van der Waals surface area contributed by atoms with Gasteiger partial charge in [0.15, 0.2) is 0 Å². The molecule has 0 radical (unpaired) electrons. The van der Waals surface area contributed by atoms with Crippen molar-refractivity contribution in [2.45, 2.75) is 32.5 Å². The molecule has 0 amide bonds. The van der Waals surface area contributed by atoms with Crippen molar-refractivity contribution in [1.82, 2.24) is 13.5 Å². The lowest BCUT2D eigenvalue weighted by Crippen LogP contribution is -2.40. The van der Waals surface area contributed by atoms with Crippen molar-refractivity contribution in [3.63, 3.8) is 0 Å². The van der Waals surface area contributed by atoms with Gasteiger partial charge in [0.1, 0.15) is 5.69 Å². The average molecular weight is 439 g/mol. The Morgan fingerprint density at radius 3 is 2.67 bits per heavy atom. The Morgan fingerprint density at radius 2 is 1.97 bits per heavy atom. The predicted octanol–water partition coefficient (Wildman–Crippen LogP) is 4.04. The van der Waals surface area contributed by atoms with E-state index in [4.69, 9.17) is 4.74 Å². The third-order valence-electron chi connectivity index (χ3n) is 4.47. The molecule has 0 unspecified atom stereocenters. The highest BCUT2D eigenvalue weighted by atomic mass is 32.1. The summed E-state index contributed by atoms with van der Waals surface area (Å²) in [5, 5.41) is 0.690. The van der Waals surface area contributed by atoms with Gasteiger partial charge in [0, 0.05) is 18.5 Å². The van der Waals surface area contributed by atoms with Crippen LogP contribution in [0.2, 0.25) is 0 Å². The number of ether oxygens (including phenoxy) is 1. The molecular weight excluding hydrogens is 419 g/mol. The third-order valence-corrected chi connectivity index (χ3v) is 5.33. The first-order valence-electron chi connectivity index (χ1n) is 9.25. The second-order valence-corrected chi connectivity index (χ2v) is 7.38. The van der Waals surface area contributed by atoms with E-state index in [1.807, 2.05) is 13.0 Å². The van der Waals surface area contributed by atoms with Crippen molar-refractivity contribution in [2.24, 2.45) is 7.05 Å². The summed E-state index contributed by atoms with van der Waals surface area (Å²) < 4.78 is 51.1. The van der Waals surface area contributed by atoms with E-state index in [-0.39, 0.29) is 12.3 Å². The van der Waals surface area contributed by atoms with Crippen molar-refractivity contribution >= 4 is 21.6 Å². The summed E-state index contributed by atoms with van der Waals surface area (Å²) in [7, 11) is 0.984. The van der Waals surface area contributed by atoms with Gasteiger partial charge in [-0.2, -0.15) is 17.5 Å². The predicted molar refractivity (Wildman–Crippen MR) is 109 cm³/mol. The molecule has 0 N–H and O–H groups in total. The van der Waals surface area contributed by atoms with E-state index in [0.29, 0.717) is 32.9 Å². The van der Waals surface area contributed by atoms with Crippen LogP contribution in [0, 0.1) is 0 Å². The van der Waals surface area contributed by atoms with Gasteiger partial charge in [-0.05, 0) is 42.6 Å². The van der Waals surface area contributed by atoms with Crippen LogP contribution in [0.4, 0.5) is 13.2 Å². The fraction of sp³-hybridized carbons (Fsp3) is 0.350. The van der Waals surface area contributed by atoms with Crippen LogP contribution in [0.15, 0.2) is 46.0 Å². The van der Waals surface area contributed by atoms with Crippen LogP contribution in [0.1, 0.15) is 31.2 Å². The van der Waals surface area contributed by atoms with Crippen molar-refractivity contribution in [2.75, 3.05) is 6.61 Å². The Labute approximate surface area is 174 Å². The number of hydrogen-bond donors (Lipinski definition) is 0. The molecular formula is C20H20F3N3O3S. The molecule has 0 saturated heterocycles. The summed E-state index contributed by atoms with van der Waals surface area (Å²) in [5.41, 5.74) is -2.59. The Hall–Kier alpha value is -2.72. The van der Waals surface area contributed by atoms with Gasteiger partial charge in [-0.25, -0.2) is 9.36 Å². The van der Waals surface area contributed by atoms with Gasteiger partial charge in [-0.1, -0.05) is 19.1 Å². The molecule has 0 aliphatic carbocycles. The Bertz CT molecular complexity index is 1190. The molecule has 1 aromatic carbocycles. The minimum Gasteiger partial charge on any atom is -0.375 e. The summed E-state index contributed by atoms with van der Waals surface area (Å²) in [6.07, 6.45) is 1.02. The highest BCUT2D eigenvalue weighted by Gasteiger charge is 2.35. The van der Waals surface area contributed by atoms with E-state index in [1.165, 1.54) is 17.6 Å². The SMILES string of the molecule is CC/C=C/CCOCc1nsc2ccc(-n3c(=O)cc(C(F)(F)F)n(C)c3=O)cc12. The molecule has 0 atom stereocenters. The number of fused-ring (bicyclic) bond motifs is 1. The molecule has 2 aromatic heterocycles. The number of nitrogens with zero attached hydrogens (tertiary/aromatic N) is 3. The van der Waals surface area contributed by atoms with Gasteiger partial charge in [0.25, 0.3) is 5.56 Å². The minimum atomic E-state index is -4.80. The van der Waals surface area contributed by atoms with Crippen molar-refractivity contribution in [3.05, 3.63) is 68.6 Å². The standard InChI is InChI=1S/C20H20F3N3O3S/c1-3-4-5-6-9-29-12-15-14-10-13(7-8-16(14)30-24-15)26-18(27)11-17(20(21,22)23)25(2)19(26)28/h4-5,7-8,10-11H,3,6,9,12H2,1-2H3/b5-4+. The second-order valence-electron chi connectivity index (χ2n) is 6.57. The van der Waals surface area contributed by atoms with Crippen LogP contribution in [0.5, 0.6) is 0 Å². The number of benzene rings is 1. The number of hydrogen-bond acceptors (Lipinski definition) is 5. The van der Waals surface area contributed by atoms with Crippen LogP contribution in [-0.2, 0) is 24.6 Å². The zero-order valence-corrected chi connectivity index (χ0v) is 17.2. The Kier molecular flexibility index (Phi) is 6.57. The topological polar surface area (TPSA) is 66.1 Å². The maximum Gasteiger partial charge on any atom is 0.431 e. The molecule has 0 fully saturated rings. The van der Waals surface area contributed by atoms with E-state index < -0.39 is 23.1 Å². The van der Waals surface area contributed by atoms with Crippen molar-refractivity contribution in [1.29, 1.82) is 0 Å². The zero-order chi connectivity index (χ0) is 21.9. The lowest BCUT2D eigenvalue weighted by Gasteiger charge is -2.14. The van der Waals surface area contributed by atoms with Crippen LogP contribution < -0.4 is 11.2 Å². The van der Waals surface area contributed by atoms with E-state index >= 15 is 0 Å². The zero-order valence-electron chi connectivity index (χ0n) is 16.4. The molecule has 6 nitrogen and oxygen atoms in total. The summed E-state index contributed by atoms with van der Waals surface area (Å²) in [4.78, 5) is 24.8. The molecule has 30 heavy (non-hydrogen) atoms. The maximum atomic E-state index is 13.0. The highest BCUT2D eigenvalue weighted by molar-refractivity contribution is 7.13. The smallest absolute Gasteiger partial charge is 0.375 e. The first-order chi connectivity index (χ1) is 14.2. The summed E-state index contributed by atoms with van der Waals surface area (Å²) in [6, 6.07) is 5.19. The number of rotatable bonds is 7. The molecule has 3 aromatic rings. The second kappa shape index (κ2) is 8.97. The lowest BCUT2D eigenvalue weighted by molar-refractivity contribution is -0.144. The van der Waals surface area contributed by atoms with Gasteiger partial charge in [-0.3, -0.25) is 9.36 Å². The number of halogens is 3. The fourth-order valence-electron chi connectivity index (χ4n) is 2.96. The first kappa shape index (κ1) is 22.0. The normalized spacial score (nSPS) is 12.3. The quantitative estimate of drug-likeness (QED) is 0.412. The number of aromatic nitrogens is 3. The lowest BCUT2D eigenvalue weighted by atomic mass is 10.2. The minimum absolute atomic E-state index is 0.175. The van der Waals surface area contributed by atoms with E-state index in [2.05, 4.69) is 10.4 Å². The monoisotopic (exact) mass is 439 g/mol. The average Bonchev–Trinajstić information content (AvgIpc) is 3.09. The van der Waals surface area contributed by atoms with E-state index in [1.54, 1.807) is 12.1 Å². The van der Waals surface area contributed by atoms with Gasteiger partial charge in [-0.15, -0.1) is 0 Å². The molecule has 0 bridgehead atoms. The van der Waals surface area contributed by atoms with Gasteiger partial charge < -0.3 is 4.74 Å². The fourth-order valence-corrected chi connectivity index (χ4v) is 3.72. The van der Waals surface area contributed by atoms with Gasteiger partial charge in [0.2, 0.25) is 0 Å². The molecule has 160 valence electrons. The van der Waals surface area contributed by atoms with E-state index in [0.717, 1.165) is 24.6 Å². The molecule has 2 heterocycles. The summed E-state index contributed by atoms with van der Waals surface area (Å²) in [6.45, 7) is 2.82. The third kappa shape index (κ3) is 4.54. The summed E-state index contributed by atoms with van der Waals surface area (Å²) >= 11 is 1.24. The van der Waals surface area contributed by atoms with Crippen LogP contribution in [0.25, 0.3) is 15.8 Å². The molecule has 0 aliphatic rings. The van der Waals surface area contributed by atoms with Crippen LogP contribution in [0.3, 0.4) is 0 Å². The van der Waals surface area contributed by atoms with Gasteiger partial charge in [0.05, 0.1) is 29.3 Å². The molecule has 0 spiro atoms. The maximum absolute atomic E-state index is 13.0. The number of allylic oxidation sites excluding steroid dienone is 1. The van der Waals surface area contributed by atoms with Crippen LogP contribution >= 0.6 is 11.5 Å². The molecule has 0 saturated carbocycles. The molecule has 10 heteroatoms. The highest BCUT2D eigenvalue weighted by Crippen LogP contribution is 2.28. The summed E-state index contributed by atoms with van der Waals surface area (Å²) in [5.74, 6) is 0. The van der Waals surface area contributed by atoms with Crippen molar-refractivity contribution in [3.8, 4) is 5.69 Å². The van der Waals surface area contributed by atoms with Crippen molar-refractivity contribution < 1.29 is 17.9 Å². The largest absolute Gasteiger partial charge is 0.431 e. The molecule has 3 rings (SSSR count). The Morgan fingerprint density at radius 1 is 1.20 bits per heavy atom. The van der Waals surface area contributed by atoms with E-state index in [9.17, 15) is 22.8 Å². The first-order valence-corrected chi connectivity index (χ1v) is 10.0. The molecule has 0 aliphatic heterocycles. The Balaban J connectivity index is 1.95. The van der Waals surface area contributed by atoms with Gasteiger partial charge >= 0.3 is 11.9 Å². The van der Waals surface area contributed by atoms with Crippen LogP contribution in [-0.4, -0.2) is 20.1 Å².